The van der Waals surface area contributed by atoms with Crippen LogP contribution in [0.1, 0.15) is 17.5 Å². The van der Waals surface area contributed by atoms with Crippen LogP contribution in [0.5, 0.6) is 5.75 Å². The highest BCUT2D eigenvalue weighted by Crippen LogP contribution is 2.30. The first-order valence-corrected chi connectivity index (χ1v) is 6.97. The summed E-state index contributed by atoms with van der Waals surface area (Å²) in [7, 11) is 1.60. The average Bonchev–Trinajstić information content (AvgIpc) is 2.93. The molecule has 1 atom stereocenters. The Morgan fingerprint density at radius 1 is 1.24 bits per heavy atom. The SMILES string of the molecule is COCCOCC(O)COc1cccc2c1CC/C2=N\O. The van der Waals surface area contributed by atoms with E-state index in [2.05, 4.69) is 5.16 Å². The van der Waals surface area contributed by atoms with Gasteiger partial charge in [0.05, 0.1) is 25.5 Å². The van der Waals surface area contributed by atoms with E-state index in [0.29, 0.717) is 25.3 Å². The number of fused-ring (bicyclic) bond motifs is 1. The molecule has 6 heteroatoms. The molecular weight excluding hydrogens is 274 g/mol. The molecule has 0 saturated heterocycles. The summed E-state index contributed by atoms with van der Waals surface area (Å²) in [6, 6.07) is 5.62. The summed E-state index contributed by atoms with van der Waals surface area (Å²) < 4.78 is 15.8. The number of rotatable bonds is 8. The maximum absolute atomic E-state index is 9.80. The van der Waals surface area contributed by atoms with E-state index in [1.54, 1.807) is 7.11 Å². The number of ether oxygens (including phenoxy) is 3. The number of methoxy groups -OCH3 is 1. The third-order valence-electron chi connectivity index (χ3n) is 3.35. The molecule has 0 saturated carbocycles. The Bertz CT molecular complexity index is 489. The first kappa shape index (κ1) is 15.8. The van der Waals surface area contributed by atoms with E-state index < -0.39 is 6.10 Å². The van der Waals surface area contributed by atoms with Crippen molar-refractivity contribution in [2.24, 2.45) is 5.16 Å². The third-order valence-corrected chi connectivity index (χ3v) is 3.35. The molecule has 0 bridgehead atoms. The lowest BCUT2D eigenvalue weighted by molar-refractivity contribution is -0.00430. The van der Waals surface area contributed by atoms with Gasteiger partial charge in [-0.1, -0.05) is 17.3 Å². The number of benzene rings is 1. The monoisotopic (exact) mass is 295 g/mol. The van der Waals surface area contributed by atoms with Gasteiger partial charge in [-0.15, -0.1) is 0 Å². The second-order valence-electron chi connectivity index (χ2n) is 4.86. The molecule has 0 spiro atoms. The van der Waals surface area contributed by atoms with Crippen molar-refractivity contribution in [2.75, 3.05) is 33.5 Å². The van der Waals surface area contributed by atoms with Crippen molar-refractivity contribution in [2.45, 2.75) is 18.9 Å². The van der Waals surface area contributed by atoms with Gasteiger partial charge in [0.15, 0.2) is 0 Å². The summed E-state index contributed by atoms with van der Waals surface area (Å²) in [5.74, 6) is 0.724. The van der Waals surface area contributed by atoms with E-state index in [0.717, 1.165) is 23.3 Å². The fraction of sp³-hybridized carbons (Fsp3) is 0.533. The zero-order chi connectivity index (χ0) is 15.1. The molecule has 0 amide bonds. The Kier molecular flexibility index (Phi) is 5.98. The van der Waals surface area contributed by atoms with Gasteiger partial charge in [0.25, 0.3) is 0 Å². The Morgan fingerprint density at radius 3 is 2.86 bits per heavy atom. The van der Waals surface area contributed by atoms with E-state index in [1.165, 1.54) is 0 Å². The topological polar surface area (TPSA) is 80.5 Å². The summed E-state index contributed by atoms with van der Waals surface area (Å²) >= 11 is 0. The number of nitrogens with zero attached hydrogens (tertiary/aromatic N) is 1. The van der Waals surface area contributed by atoms with E-state index >= 15 is 0 Å². The summed E-state index contributed by atoms with van der Waals surface area (Å²) in [5, 5.41) is 22.0. The summed E-state index contributed by atoms with van der Waals surface area (Å²) in [6.07, 6.45) is 0.797. The predicted octanol–water partition coefficient (Wildman–Crippen LogP) is 1.21. The molecule has 0 heterocycles. The van der Waals surface area contributed by atoms with Crippen LogP contribution in [0.4, 0.5) is 0 Å². The molecule has 1 unspecified atom stereocenters. The van der Waals surface area contributed by atoms with Crippen LogP contribution in [0, 0.1) is 0 Å². The molecule has 1 aliphatic carbocycles. The Hall–Kier alpha value is -1.63. The molecule has 1 aromatic rings. The van der Waals surface area contributed by atoms with E-state index in [1.807, 2.05) is 18.2 Å². The molecule has 1 aromatic carbocycles. The molecule has 2 rings (SSSR count). The van der Waals surface area contributed by atoms with Crippen molar-refractivity contribution in [3.8, 4) is 5.75 Å². The van der Waals surface area contributed by atoms with E-state index in [4.69, 9.17) is 19.4 Å². The highest BCUT2D eigenvalue weighted by Gasteiger charge is 2.22. The van der Waals surface area contributed by atoms with Crippen LogP contribution in [-0.4, -0.2) is 55.7 Å². The quantitative estimate of drug-likeness (QED) is 0.428. The van der Waals surface area contributed by atoms with Gasteiger partial charge in [-0.2, -0.15) is 0 Å². The van der Waals surface area contributed by atoms with Crippen LogP contribution >= 0.6 is 0 Å². The normalized spacial score (nSPS) is 17.0. The second-order valence-corrected chi connectivity index (χ2v) is 4.86. The van der Waals surface area contributed by atoms with Gasteiger partial charge < -0.3 is 24.5 Å². The fourth-order valence-electron chi connectivity index (χ4n) is 2.31. The molecule has 116 valence electrons. The fourth-order valence-corrected chi connectivity index (χ4v) is 2.31. The summed E-state index contributed by atoms with van der Waals surface area (Å²) in [6.45, 7) is 1.32. The number of oxime groups is 1. The maximum Gasteiger partial charge on any atom is 0.123 e. The lowest BCUT2D eigenvalue weighted by atomic mass is 10.1. The minimum atomic E-state index is -0.690. The largest absolute Gasteiger partial charge is 0.490 e. The van der Waals surface area contributed by atoms with Crippen LogP contribution < -0.4 is 4.74 Å². The smallest absolute Gasteiger partial charge is 0.123 e. The van der Waals surface area contributed by atoms with Gasteiger partial charge in [0.1, 0.15) is 18.5 Å². The molecular formula is C15H21NO5. The third kappa shape index (κ3) is 4.17. The van der Waals surface area contributed by atoms with Gasteiger partial charge in [0.2, 0.25) is 0 Å². The second kappa shape index (κ2) is 7.97. The van der Waals surface area contributed by atoms with Crippen LogP contribution in [-0.2, 0) is 15.9 Å². The van der Waals surface area contributed by atoms with Crippen molar-refractivity contribution in [1.82, 2.24) is 0 Å². The van der Waals surface area contributed by atoms with Gasteiger partial charge in [-0.25, -0.2) is 0 Å². The minimum absolute atomic E-state index is 0.162. The Labute approximate surface area is 123 Å². The highest BCUT2D eigenvalue weighted by atomic mass is 16.5. The number of aliphatic hydroxyl groups excluding tert-OH is 1. The van der Waals surface area contributed by atoms with Gasteiger partial charge in [0, 0.05) is 18.2 Å². The van der Waals surface area contributed by atoms with Crippen molar-refractivity contribution >= 4 is 5.71 Å². The van der Waals surface area contributed by atoms with Crippen LogP contribution in [0.15, 0.2) is 23.4 Å². The van der Waals surface area contributed by atoms with Crippen molar-refractivity contribution in [3.05, 3.63) is 29.3 Å². The Morgan fingerprint density at radius 2 is 2.10 bits per heavy atom. The van der Waals surface area contributed by atoms with Crippen LogP contribution in [0.3, 0.4) is 0 Å². The van der Waals surface area contributed by atoms with Crippen LogP contribution in [0.25, 0.3) is 0 Å². The summed E-state index contributed by atoms with van der Waals surface area (Å²) in [4.78, 5) is 0. The maximum atomic E-state index is 9.80. The van der Waals surface area contributed by atoms with Crippen molar-refractivity contribution in [1.29, 1.82) is 0 Å². The van der Waals surface area contributed by atoms with Crippen molar-refractivity contribution in [3.63, 3.8) is 0 Å². The minimum Gasteiger partial charge on any atom is -0.490 e. The number of hydrogen-bond acceptors (Lipinski definition) is 6. The molecule has 0 radical (unpaired) electrons. The van der Waals surface area contributed by atoms with E-state index in [-0.39, 0.29) is 13.2 Å². The molecule has 2 N–H and O–H groups in total. The van der Waals surface area contributed by atoms with Crippen LogP contribution in [0.2, 0.25) is 0 Å². The van der Waals surface area contributed by atoms with Crippen molar-refractivity contribution < 1.29 is 24.5 Å². The predicted molar refractivity (Wildman–Crippen MR) is 77.3 cm³/mol. The molecule has 1 aliphatic rings. The molecule has 6 nitrogen and oxygen atoms in total. The van der Waals surface area contributed by atoms with Gasteiger partial charge in [-0.05, 0) is 18.9 Å². The zero-order valence-electron chi connectivity index (χ0n) is 12.1. The summed E-state index contributed by atoms with van der Waals surface area (Å²) in [5.41, 5.74) is 2.62. The van der Waals surface area contributed by atoms with E-state index in [9.17, 15) is 5.11 Å². The van der Waals surface area contributed by atoms with Gasteiger partial charge >= 0.3 is 0 Å². The van der Waals surface area contributed by atoms with Gasteiger partial charge in [-0.3, -0.25) is 0 Å². The zero-order valence-corrected chi connectivity index (χ0v) is 12.1. The number of aliphatic hydroxyl groups is 1. The average molecular weight is 295 g/mol. The first-order valence-electron chi connectivity index (χ1n) is 6.97. The lowest BCUT2D eigenvalue weighted by Crippen LogP contribution is -2.24. The standard InChI is InChI=1S/C15H21NO5/c1-19-7-8-20-9-11(17)10-21-15-4-2-3-12-13(15)5-6-14(12)16-18/h2-4,11,17-18H,5-10H2,1H3/b16-14+. The molecule has 0 fully saturated rings. The highest BCUT2D eigenvalue weighted by molar-refractivity contribution is 6.04. The Balaban J connectivity index is 1.86. The number of hydrogen-bond donors (Lipinski definition) is 2. The molecule has 0 aliphatic heterocycles. The lowest BCUT2D eigenvalue weighted by Gasteiger charge is -2.14. The molecule has 21 heavy (non-hydrogen) atoms. The molecule has 0 aromatic heterocycles. The first-order chi connectivity index (χ1) is 10.3.